The summed E-state index contributed by atoms with van der Waals surface area (Å²) in [5.41, 5.74) is 0. The fourth-order valence-corrected chi connectivity index (χ4v) is 1.41. The maximum atomic E-state index is 3.55. The Morgan fingerprint density at radius 1 is 0.917 bits per heavy atom. The van der Waals surface area contributed by atoms with Crippen LogP contribution < -0.4 is 5.32 Å². The van der Waals surface area contributed by atoms with Gasteiger partial charge in [0, 0.05) is 6.04 Å². The predicted molar refractivity (Wildman–Crippen MR) is 56.4 cm³/mol. The SMILES string of the molecule is CC(C)CCNC(C)CC(C)C. The molecule has 1 unspecified atom stereocenters. The van der Waals surface area contributed by atoms with E-state index in [1.165, 1.54) is 19.4 Å². The van der Waals surface area contributed by atoms with Crippen LogP contribution in [0.1, 0.15) is 47.5 Å². The molecule has 12 heavy (non-hydrogen) atoms. The summed E-state index contributed by atoms with van der Waals surface area (Å²) >= 11 is 0. The zero-order valence-electron chi connectivity index (χ0n) is 9.35. The molecule has 0 aliphatic rings. The number of hydrogen-bond donors (Lipinski definition) is 1. The Labute approximate surface area is 77.9 Å². The van der Waals surface area contributed by atoms with Crippen molar-refractivity contribution in [2.45, 2.75) is 53.5 Å². The summed E-state index contributed by atoms with van der Waals surface area (Å²) in [6.45, 7) is 12.6. The van der Waals surface area contributed by atoms with E-state index in [2.05, 4.69) is 39.9 Å². The number of rotatable bonds is 6. The summed E-state index contributed by atoms with van der Waals surface area (Å²) in [6, 6.07) is 0.684. The Kier molecular flexibility index (Phi) is 6.45. The van der Waals surface area contributed by atoms with Crippen LogP contribution in [0, 0.1) is 11.8 Å². The smallest absolute Gasteiger partial charge is 0.00411 e. The first-order valence-corrected chi connectivity index (χ1v) is 5.25. The van der Waals surface area contributed by atoms with Gasteiger partial charge in [-0.3, -0.25) is 0 Å². The van der Waals surface area contributed by atoms with Crippen LogP contribution in [-0.2, 0) is 0 Å². The second-order valence-electron chi connectivity index (χ2n) is 4.67. The zero-order chi connectivity index (χ0) is 9.56. The van der Waals surface area contributed by atoms with Crippen molar-refractivity contribution in [1.29, 1.82) is 0 Å². The largest absolute Gasteiger partial charge is 0.314 e. The van der Waals surface area contributed by atoms with E-state index in [9.17, 15) is 0 Å². The lowest BCUT2D eigenvalue weighted by Gasteiger charge is -2.16. The highest BCUT2D eigenvalue weighted by Gasteiger charge is 2.03. The molecule has 0 fully saturated rings. The van der Waals surface area contributed by atoms with Gasteiger partial charge < -0.3 is 5.32 Å². The average molecular weight is 171 g/mol. The highest BCUT2D eigenvalue weighted by molar-refractivity contribution is 4.62. The minimum absolute atomic E-state index is 0.684. The summed E-state index contributed by atoms with van der Waals surface area (Å²) in [6.07, 6.45) is 2.58. The fourth-order valence-electron chi connectivity index (χ4n) is 1.41. The van der Waals surface area contributed by atoms with Crippen molar-refractivity contribution >= 4 is 0 Å². The average Bonchev–Trinajstić information content (AvgIpc) is 1.84. The Balaban J connectivity index is 3.25. The first kappa shape index (κ1) is 12.0. The van der Waals surface area contributed by atoms with Gasteiger partial charge in [0.15, 0.2) is 0 Å². The van der Waals surface area contributed by atoms with Gasteiger partial charge in [0.05, 0.1) is 0 Å². The van der Waals surface area contributed by atoms with Crippen LogP contribution in [0.5, 0.6) is 0 Å². The number of hydrogen-bond acceptors (Lipinski definition) is 1. The van der Waals surface area contributed by atoms with Crippen LogP contribution in [0.15, 0.2) is 0 Å². The van der Waals surface area contributed by atoms with E-state index in [4.69, 9.17) is 0 Å². The monoisotopic (exact) mass is 171 g/mol. The van der Waals surface area contributed by atoms with Crippen molar-refractivity contribution in [2.24, 2.45) is 11.8 Å². The van der Waals surface area contributed by atoms with Crippen LogP contribution in [0.2, 0.25) is 0 Å². The molecule has 0 amide bonds. The second-order valence-corrected chi connectivity index (χ2v) is 4.67. The summed E-state index contributed by atoms with van der Waals surface area (Å²) in [4.78, 5) is 0. The normalized spacial score (nSPS) is 14.2. The van der Waals surface area contributed by atoms with Crippen molar-refractivity contribution in [3.05, 3.63) is 0 Å². The Morgan fingerprint density at radius 3 is 1.92 bits per heavy atom. The molecule has 1 nitrogen and oxygen atoms in total. The molecule has 0 heterocycles. The van der Waals surface area contributed by atoms with Gasteiger partial charge in [0.1, 0.15) is 0 Å². The molecule has 0 spiro atoms. The molecule has 0 aromatic heterocycles. The van der Waals surface area contributed by atoms with Gasteiger partial charge >= 0.3 is 0 Å². The minimum atomic E-state index is 0.684. The maximum Gasteiger partial charge on any atom is 0.00411 e. The van der Waals surface area contributed by atoms with E-state index in [1.54, 1.807) is 0 Å². The highest BCUT2D eigenvalue weighted by Crippen LogP contribution is 2.04. The van der Waals surface area contributed by atoms with Gasteiger partial charge in [-0.15, -0.1) is 0 Å². The first-order valence-electron chi connectivity index (χ1n) is 5.25. The standard InChI is InChI=1S/C11H25N/c1-9(2)6-7-12-11(5)8-10(3)4/h9-12H,6-8H2,1-5H3. The molecule has 0 aromatic rings. The van der Waals surface area contributed by atoms with Crippen molar-refractivity contribution in [3.8, 4) is 0 Å². The second kappa shape index (κ2) is 6.47. The van der Waals surface area contributed by atoms with Gasteiger partial charge in [0.2, 0.25) is 0 Å². The molecule has 0 rings (SSSR count). The van der Waals surface area contributed by atoms with Crippen molar-refractivity contribution in [2.75, 3.05) is 6.54 Å². The fraction of sp³-hybridized carbons (Fsp3) is 1.00. The molecule has 0 aliphatic heterocycles. The van der Waals surface area contributed by atoms with Crippen molar-refractivity contribution in [3.63, 3.8) is 0 Å². The van der Waals surface area contributed by atoms with E-state index in [-0.39, 0.29) is 0 Å². The van der Waals surface area contributed by atoms with E-state index in [0.717, 1.165) is 11.8 Å². The molecule has 0 saturated carbocycles. The van der Waals surface area contributed by atoms with E-state index in [0.29, 0.717) is 6.04 Å². The van der Waals surface area contributed by atoms with Gasteiger partial charge in [-0.2, -0.15) is 0 Å². The van der Waals surface area contributed by atoms with Crippen LogP contribution in [0.25, 0.3) is 0 Å². The highest BCUT2D eigenvalue weighted by atomic mass is 14.9. The Morgan fingerprint density at radius 2 is 1.50 bits per heavy atom. The third kappa shape index (κ3) is 8.06. The van der Waals surface area contributed by atoms with E-state index in [1.807, 2.05) is 0 Å². The Hall–Kier alpha value is -0.0400. The van der Waals surface area contributed by atoms with Crippen LogP contribution in [-0.4, -0.2) is 12.6 Å². The van der Waals surface area contributed by atoms with Gasteiger partial charge in [-0.05, 0) is 38.1 Å². The predicted octanol–water partition coefficient (Wildman–Crippen LogP) is 3.06. The summed E-state index contributed by atoms with van der Waals surface area (Å²) in [7, 11) is 0. The first-order chi connectivity index (χ1) is 5.52. The summed E-state index contributed by atoms with van der Waals surface area (Å²) in [5.74, 6) is 1.63. The minimum Gasteiger partial charge on any atom is -0.314 e. The molecule has 0 saturated heterocycles. The Bertz CT molecular complexity index is 97.2. The number of nitrogens with one attached hydrogen (secondary N) is 1. The zero-order valence-corrected chi connectivity index (χ0v) is 9.35. The van der Waals surface area contributed by atoms with Crippen LogP contribution >= 0.6 is 0 Å². The molecular formula is C11H25N. The third-order valence-corrected chi connectivity index (χ3v) is 2.04. The summed E-state index contributed by atoms with van der Waals surface area (Å²) < 4.78 is 0. The maximum absolute atomic E-state index is 3.55. The molecule has 0 radical (unpaired) electrons. The van der Waals surface area contributed by atoms with Gasteiger partial charge in [-0.25, -0.2) is 0 Å². The molecular weight excluding hydrogens is 146 g/mol. The van der Waals surface area contributed by atoms with Crippen molar-refractivity contribution in [1.82, 2.24) is 5.32 Å². The quantitative estimate of drug-likeness (QED) is 0.647. The lowest BCUT2D eigenvalue weighted by molar-refractivity contribution is 0.423. The van der Waals surface area contributed by atoms with Crippen molar-refractivity contribution < 1.29 is 0 Å². The lowest BCUT2D eigenvalue weighted by Crippen LogP contribution is -2.28. The topological polar surface area (TPSA) is 12.0 Å². The van der Waals surface area contributed by atoms with Gasteiger partial charge in [-0.1, -0.05) is 27.7 Å². The summed E-state index contributed by atoms with van der Waals surface area (Å²) in [5, 5.41) is 3.55. The molecule has 0 aliphatic carbocycles. The molecule has 1 atom stereocenters. The molecule has 1 heteroatoms. The molecule has 74 valence electrons. The molecule has 0 aromatic carbocycles. The van der Waals surface area contributed by atoms with Crippen LogP contribution in [0.3, 0.4) is 0 Å². The lowest BCUT2D eigenvalue weighted by atomic mass is 10.0. The van der Waals surface area contributed by atoms with Gasteiger partial charge in [0.25, 0.3) is 0 Å². The van der Waals surface area contributed by atoms with E-state index >= 15 is 0 Å². The third-order valence-electron chi connectivity index (χ3n) is 2.04. The molecule has 1 N–H and O–H groups in total. The van der Waals surface area contributed by atoms with Crippen LogP contribution in [0.4, 0.5) is 0 Å². The van der Waals surface area contributed by atoms with E-state index < -0.39 is 0 Å². The molecule has 0 bridgehead atoms.